The lowest BCUT2D eigenvalue weighted by molar-refractivity contribution is 0.211. The van der Waals surface area contributed by atoms with Crippen LogP contribution in [-0.2, 0) is 9.09 Å². The van der Waals surface area contributed by atoms with Crippen LogP contribution < -0.4 is 0 Å². The Labute approximate surface area is 73.7 Å². The molecule has 4 heteroatoms. The highest BCUT2D eigenvalue weighted by atomic mass is 31.2. The Kier molecular flexibility index (Phi) is 5.24. The molecule has 0 spiro atoms. The van der Waals surface area contributed by atoms with Gasteiger partial charge in [0.25, 0.3) is 0 Å². The van der Waals surface area contributed by atoms with Crippen LogP contribution in [0.15, 0.2) is 0 Å². The van der Waals surface area contributed by atoms with E-state index in [1.165, 1.54) is 0 Å². The van der Waals surface area contributed by atoms with E-state index in [2.05, 4.69) is 5.92 Å². The van der Waals surface area contributed by atoms with Gasteiger partial charge in [-0.2, -0.15) is 0 Å². The molecule has 0 radical (unpaired) electrons. The summed E-state index contributed by atoms with van der Waals surface area (Å²) in [6.07, 6.45) is 7.15. The molecular formula is C8H15O3P. The van der Waals surface area contributed by atoms with Crippen molar-refractivity contribution in [3.8, 4) is 12.3 Å². The van der Waals surface area contributed by atoms with Crippen LogP contribution in [0.3, 0.4) is 0 Å². The molecule has 0 amide bonds. The zero-order chi connectivity index (χ0) is 9.61. The molecule has 0 aromatic heterocycles. The lowest BCUT2D eigenvalue weighted by atomic mass is 10.2. The molecule has 3 nitrogen and oxygen atoms in total. The number of unbranched alkanes of at least 4 members (excludes halogenated alkanes) is 1. The van der Waals surface area contributed by atoms with E-state index in [1.54, 1.807) is 0 Å². The van der Waals surface area contributed by atoms with E-state index in [0.29, 0.717) is 6.42 Å². The molecule has 0 aliphatic rings. The molecule has 70 valence electrons. The summed E-state index contributed by atoms with van der Waals surface area (Å²) in [6.45, 7) is 3.17. The molecule has 0 saturated heterocycles. The largest absolute Gasteiger partial charge is 0.326 e. The molecule has 2 atom stereocenters. The van der Waals surface area contributed by atoms with Gasteiger partial charge in [-0.1, -0.05) is 25.7 Å². The minimum atomic E-state index is -3.42. The Balaban J connectivity index is 3.86. The molecule has 2 unspecified atom stereocenters. The molecule has 0 aliphatic carbocycles. The average molecular weight is 190 g/mol. The monoisotopic (exact) mass is 190 g/mol. The summed E-state index contributed by atoms with van der Waals surface area (Å²) < 4.78 is 15.5. The van der Waals surface area contributed by atoms with Gasteiger partial charge in [-0.15, -0.1) is 6.42 Å². The van der Waals surface area contributed by atoms with Crippen LogP contribution in [0.2, 0.25) is 0 Å². The van der Waals surface area contributed by atoms with Gasteiger partial charge >= 0.3 is 7.60 Å². The van der Waals surface area contributed by atoms with Crippen molar-refractivity contribution in [3.05, 3.63) is 0 Å². The maximum atomic E-state index is 10.8. The first-order valence-electron chi connectivity index (χ1n) is 3.94. The third kappa shape index (κ3) is 6.42. The molecule has 0 heterocycles. The summed E-state index contributed by atoms with van der Waals surface area (Å²) in [6, 6.07) is 0. The quantitative estimate of drug-likeness (QED) is 0.532. The van der Waals surface area contributed by atoms with E-state index in [-0.39, 0.29) is 0 Å². The maximum Gasteiger partial charge on any atom is 0.326 e. The molecule has 0 aromatic carbocycles. The second-order valence-electron chi connectivity index (χ2n) is 2.71. The van der Waals surface area contributed by atoms with Crippen LogP contribution >= 0.6 is 7.60 Å². The molecule has 0 fully saturated rings. The summed E-state index contributed by atoms with van der Waals surface area (Å²) in [5.74, 6) is 2.34. The van der Waals surface area contributed by atoms with Crippen molar-refractivity contribution in [2.45, 2.75) is 32.3 Å². The molecule has 0 rings (SSSR count). The fourth-order valence-electron chi connectivity index (χ4n) is 0.792. The van der Waals surface area contributed by atoms with Crippen LogP contribution in [0, 0.1) is 12.3 Å². The van der Waals surface area contributed by atoms with Gasteiger partial charge in [-0.3, -0.25) is 9.09 Å². The molecule has 0 saturated carbocycles. The van der Waals surface area contributed by atoms with Crippen molar-refractivity contribution >= 4 is 7.60 Å². The highest BCUT2D eigenvalue weighted by Gasteiger charge is 2.16. The number of hydrogen-bond donors (Lipinski definition) is 1. The van der Waals surface area contributed by atoms with Crippen molar-refractivity contribution in [1.82, 2.24) is 0 Å². The standard InChI is InChI=1S/C8H15O3P/c1-4-6-7-8(5-2)11-12(3,9)10/h2,8H,4,6-7H2,1,3H3,(H,9,10). The predicted molar refractivity (Wildman–Crippen MR) is 49.0 cm³/mol. The Morgan fingerprint density at radius 1 is 1.75 bits per heavy atom. The number of terminal acetylenes is 1. The number of hydrogen-bond acceptors (Lipinski definition) is 2. The highest BCUT2D eigenvalue weighted by Crippen LogP contribution is 2.38. The normalized spacial score (nSPS) is 17.8. The van der Waals surface area contributed by atoms with Gasteiger partial charge in [-0.25, -0.2) is 0 Å². The molecule has 12 heavy (non-hydrogen) atoms. The zero-order valence-electron chi connectivity index (χ0n) is 7.49. The third-order valence-corrected chi connectivity index (χ3v) is 1.97. The van der Waals surface area contributed by atoms with Gasteiger partial charge in [0, 0.05) is 6.66 Å². The molecule has 0 bridgehead atoms. The van der Waals surface area contributed by atoms with Crippen molar-refractivity contribution in [3.63, 3.8) is 0 Å². The minimum Gasteiger partial charge on any atom is -0.324 e. The summed E-state index contributed by atoms with van der Waals surface area (Å²) in [5.41, 5.74) is 0. The molecule has 1 N–H and O–H groups in total. The van der Waals surface area contributed by atoms with Crippen LogP contribution in [-0.4, -0.2) is 17.7 Å². The van der Waals surface area contributed by atoms with Crippen molar-refractivity contribution in [1.29, 1.82) is 0 Å². The smallest absolute Gasteiger partial charge is 0.324 e. The van der Waals surface area contributed by atoms with E-state index in [0.717, 1.165) is 19.5 Å². The zero-order valence-corrected chi connectivity index (χ0v) is 8.38. The summed E-state index contributed by atoms with van der Waals surface area (Å²) in [5, 5.41) is 0. The maximum absolute atomic E-state index is 10.8. The average Bonchev–Trinajstić information content (AvgIpc) is 1.95. The van der Waals surface area contributed by atoms with Crippen LogP contribution in [0.4, 0.5) is 0 Å². The van der Waals surface area contributed by atoms with E-state index in [1.807, 2.05) is 6.92 Å². The van der Waals surface area contributed by atoms with Crippen molar-refractivity contribution in [2.24, 2.45) is 0 Å². The number of rotatable bonds is 5. The van der Waals surface area contributed by atoms with Gasteiger partial charge < -0.3 is 4.89 Å². The van der Waals surface area contributed by atoms with Crippen LogP contribution in [0.1, 0.15) is 26.2 Å². The van der Waals surface area contributed by atoms with E-state index < -0.39 is 13.7 Å². The van der Waals surface area contributed by atoms with Crippen molar-refractivity contribution < 1.29 is 14.0 Å². The van der Waals surface area contributed by atoms with Gasteiger partial charge in [-0.05, 0) is 6.42 Å². The first kappa shape index (κ1) is 11.7. The summed E-state index contributed by atoms with van der Waals surface area (Å²) in [7, 11) is -3.42. The molecular weight excluding hydrogens is 175 g/mol. The van der Waals surface area contributed by atoms with Crippen LogP contribution in [0.25, 0.3) is 0 Å². The molecule has 0 aliphatic heterocycles. The fraction of sp³-hybridized carbons (Fsp3) is 0.750. The Bertz CT molecular complexity index is 201. The second-order valence-corrected chi connectivity index (χ2v) is 4.52. The SMILES string of the molecule is C#CC(CCCC)OP(C)(=O)O. The van der Waals surface area contributed by atoms with E-state index in [9.17, 15) is 4.57 Å². The first-order valence-corrected chi connectivity index (χ1v) is 5.97. The molecule has 0 aromatic rings. The highest BCUT2D eigenvalue weighted by molar-refractivity contribution is 7.51. The lowest BCUT2D eigenvalue weighted by Gasteiger charge is -2.13. The van der Waals surface area contributed by atoms with Crippen LogP contribution in [0.5, 0.6) is 0 Å². The Hall–Kier alpha value is -0.290. The first-order chi connectivity index (χ1) is 5.49. The second kappa shape index (κ2) is 5.37. The van der Waals surface area contributed by atoms with Crippen molar-refractivity contribution in [2.75, 3.05) is 6.66 Å². The van der Waals surface area contributed by atoms with Gasteiger partial charge in [0.05, 0.1) is 0 Å². The predicted octanol–water partition coefficient (Wildman–Crippen LogP) is 2.01. The summed E-state index contributed by atoms with van der Waals surface area (Å²) >= 11 is 0. The van der Waals surface area contributed by atoms with E-state index in [4.69, 9.17) is 15.8 Å². The van der Waals surface area contributed by atoms with E-state index >= 15 is 0 Å². The summed E-state index contributed by atoms with van der Waals surface area (Å²) in [4.78, 5) is 8.86. The Morgan fingerprint density at radius 3 is 2.67 bits per heavy atom. The minimum absolute atomic E-state index is 0.522. The topological polar surface area (TPSA) is 46.5 Å². The van der Waals surface area contributed by atoms with Gasteiger partial charge in [0.1, 0.15) is 6.10 Å². The van der Waals surface area contributed by atoms with Gasteiger partial charge in [0.15, 0.2) is 0 Å². The lowest BCUT2D eigenvalue weighted by Crippen LogP contribution is -2.07. The Morgan fingerprint density at radius 2 is 2.33 bits per heavy atom. The fourth-order valence-corrected chi connectivity index (χ4v) is 1.43. The third-order valence-electron chi connectivity index (χ3n) is 1.33. The van der Waals surface area contributed by atoms with Gasteiger partial charge in [0.2, 0.25) is 0 Å².